The number of rotatable bonds is 6. The predicted octanol–water partition coefficient (Wildman–Crippen LogP) is 0.502. The molecule has 114 valence electrons. The normalized spacial score (nSPS) is 11.6. The number of primary amides is 1. The van der Waals surface area contributed by atoms with Gasteiger partial charge in [0.05, 0.1) is 13.0 Å². The van der Waals surface area contributed by atoms with Crippen LogP contribution >= 0.6 is 0 Å². The van der Waals surface area contributed by atoms with Gasteiger partial charge in [0.1, 0.15) is 6.04 Å². The Balaban J connectivity index is 2.78. The molecule has 0 aromatic heterocycles. The number of nitrogens with two attached hydrogens (primary N) is 1. The van der Waals surface area contributed by atoms with Crippen molar-refractivity contribution in [2.24, 2.45) is 5.73 Å². The summed E-state index contributed by atoms with van der Waals surface area (Å²) in [5.41, 5.74) is 4.86. The van der Waals surface area contributed by atoms with Gasteiger partial charge in [-0.15, -0.1) is 0 Å². The lowest BCUT2D eigenvalue weighted by Gasteiger charge is -2.14. The summed E-state index contributed by atoms with van der Waals surface area (Å²) in [5.74, 6) is -4.83. The van der Waals surface area contributed by atoms with Gasteiger partial charge in [0.2, 0.25) is 5.91 Å². The van der Waals surface area contributed by atoms with Crippen molar-refractivity contribution in [2.45, 2.75) is 19.4 Å². The number of hydrogen-bond acceptors (Lipinski definition) is 4. The van der Waals surface area contributed by atoms with Gasteiger partial charge >= 0.3 is 5.97 Å². The zero-order valence-electron chi connectivity index (χ0n) is 11.2. The first kappa shape index (κ1) is 16.5. The maximum atomic E-state index is 13.0. The number of esters is 1. The van der Waals surface area contributed by atoms with Crippen LogP contribution in [0.2, 0.25) is 0 Å². The van der Waals surface area contributed by atoms with Gasteiger partial charge in [-0.1, -0.05) is 0 Å². The molecule has 1 atom stereocenters. The van der Waals surface area contributed by atoms with Crippen molar-refractivity contribution in [1.29, 1.82) is 0 Å². The number of benzene rings is 1. The molecule has 0 bridgehead atoms. The van der Waals surface area contributed by atoms with Crippen molar-refractivity contribution < 1.29 is 27.9 Å². The van der Waals surface area contributed by atoms with Gasteiger partial charge in [-0.25, -0.2) is 8.78 Å². The molecular weight excluding hydrogens is 286 g/mol. The van der Waals surface area contributed by atoms with Crippen molar-refractivity contribution in [2.75, 3.05) is 6.61 Å². The first-order chi connectivity index (χ1) is 9.85. The van der Waals surface area contributed by atoms with Gasteiger partial charge < -0.3 is 15.8 Å². The second-order valence-electron chi connectivity index (χ2n) is 4.07. The first-order valence-electron chi connectivity index (χ1n) is 6.06. The largest absolute Gasteiger partial charge is 0.466 e. The molecule has 0 aliphatic carbocycles. The highest BCUT2D eigenvalue weighted by atomic mass is 19.2. The second kappa shape index (κ2) is 7.32. The quantitative estimate of drug-likeness (QED) is 0.747. The highest BCUT2D eigenvalue weighted by molar-refractivity contribution is 5.98. The van der Waals surface area contributed by atoms with E-state index in [-0.39, 0.29) is 12.2 Å². The Morgan fingerprint density at radius 1 is 1.29 bits per heavy atom. The molecule has 3 N–H and O–H groups in total. The van der Waals surface area contributed by atoms with E-state index in [1.807, 2.05) is 0 Å². The number of amides is 2. The smallest absolute Gasteiger partial charge is 0.308 e. The van der Waals surface area contributed by atoms with E-state index in [4.69, 9.17) is 5.73 Å². The molecule has 0 saturated heterocycles. The molecule has 0 radical (unpaired) electrons. The number of halogens is 2. The molecule has 1 aromatic carbocycles. The molecule has 0 aliphatic rings. The van der Waals surface area contributed by atoms with Gasteiger partial charge in [0.15, 0.2) is 11.6 Å². The van der Waals surface area contributed by atoms with Crippen LogP contribution in [0, 0.1) is 11.6 Å². The summed E-state index contributed by atoms with van der Waals surface area (Å²) >= 11 is 0. The van der Waals surface area contributed by atoms with E-state index < -0.39 is 41.9 Å². The minimum Gasteiger partial charge on any atom is -0.466 e. The molecule has 21 heavy (non-hydrogen) atoms. The zero-order valence-corrected chi connectivity index (χ0v) is 11.2. The second-order valence-corrected chi connectivity index (χ2v) is 4.07. The molecule has 0 saturated carbocycles. The van der Waals surface area contributed by atoms with E-state index in [0.717, 1.165) is 12.1 Å². The summed E-state index contributed by atoms with van der Waals surface area (Å²) < 4.78 is 30.4. The standard InChI is InChI=1S/C13H14F2N2O4/c1-2-21-11(18)6-10(12(16)19)17-13(20)7-3-4-8(14)9(15)5-7/h3-5,10H,2,6H2,1H3,(H2,16,19)(H,17,20)/t10-/m0/s1. The number of carbonyl (C=O) groups excluding carboxylic acids is 3. The fourth-order valence-corrected chi connectivity index (χ4v) is 1.49. The first-order valence-corrected chi connectivity index (χ1v) is 6.06. The van der Waals surface area contributed by atoms with Crippen LogP contribution in [-0.2, 0) is 14.3 Å². The molecule has 0 aliphatic heterocycles. The maximum Gasteiger partial charge on any atom is 0.308 e. The highest BCUT2D eigenvalue weighted by Gasteiger charge is 2.23. The van der Waals surface area contributed by atoms with Crippen LogP contribution in [0.5, 0.6) is 0 Å². The Bertz CT molecular complexity index is 563. The lowest BCUT2D eigenvalue weighted by molar-refractivity contribution is -0.145. The summed E-state index contributed by atoms with van der Waals surface area (Å²) in [5, 5.41) is 2.17. The summed E-state index contributed by atoms with van der Waals surface area (Å²) in [6.45, 7) is 1.69. The molecule has 0 heterocycles. The third-order valence-corrected chi connectivity index (χ3v) is 2.51. The van der Waals surface area contributed by atoms with E-state index in [1.54, 1.807) is 6.92 Å². The lowest BCUT2D eigenvalue weighted by Crippen LogP contribution is -2.46. The third-order valence-electron chi connectivity index (χ3n) is 2.51. The summed E-state index contributed by atoms with van der Waals surface area (Å²) in [4.78, 5) is 34.3. The van der Waals surface area contributed by atoms with Crippen molar-refractivity contribution in [1.82, 2.24) is 5.32 Å². The van der Waals surface area contributed by atoms with E-state index >= 15 is 0 Å². The van der Waals surface area contributed by atoms with E-state index in [0.29, 0.717) is 6.07 Å². The molecular formula is C13H14F2N2O4. The topological polar surface area (TPSA) is 98.5 Å². The average molecular weight is 300 g/mol. The van der Waals surface area contributed by atoms with E-state index in [1.165, 1.54) is 0 Å². The van der Waals surface area contributed by atoms with E-state index in [2.05, 4.69) is 10.1 Å². The van der Waals surface area contributed by atoms with Gasteiger partial charge in [-0.05, 0) is 25.1 Å². The van der Waals surface area contributed by atoms with Crippen molar-refractivity contribution in [3.63, 3.8) is 0 Å². The Hall–Kier alpha value is -2.51. The molecule has 1 rings (SSSR count). The Labute approximate surface area is 119 Å². The molecule has 2 amide bonds. The Morgan fingerprint density at radius 3 is 2.48 bits per heavy atom. The van der Waals surface area contributed by atoms with Crippen LogP contribution in [0.3, 0.4) is 0 Å². The number of carbonyl (C=O) groups is 3. The Morgan fingerprint density at radius 2 is 1.95 bits per heavy atom. The van der Waals surface area contributed by atoms with E-state index in [9.17, 15) is 23.2 Å². The van der Waals surface area contributed by atoms with Crippen LogP contribution < -0.4 is 11.1 Å². The van der Waals surface area contributed by atoms with Crippen LogP contribution in [0.4, 0.5) is 8.78 Å². The van der Waals surface area contributed by atoms with Gasteiger partial charge in [-0.2, -0.15) is 0 Å². The monoisotopic (exact) mass is 300 g/mol. The van der Waals surface area contributed by atoms with Crippen LogP contribution in [0.15, 0.2) is 18.2 Å². The van der Waals surface area contributed by atoms with Gasteiger partial charge in [0.25, 0.3) is 5.91 Å². The van der Waals surface area contributed by atoms with Gasteiger partial charge in [0, 0.05) is 5.56 Å². The maximum absolute atomic E-state index is 13.0. The molecule has 0 fully saturated rings. The molecule has 1 aromatic rings. The summed E-state index contributed by atoms with van der Waals surface area (Å²) in [6, 6.07) is 1.18. The SMILES string of the molecule is CCOC(=O)C[C@H](NC(=O)c1ccc(F)c(F)c1)C(N)=O. The molecule has 8 heteroatoms. The van der Waals surface area contributed by atoms with Gasteiger partial charge in [-0.3, -0.25) is 14.4 Å². The number of nitrogens with one attached hydrogen (secondary N) is 1. The number of ether oxygens (including phenoxy) is 1. The highest BCUT2D eigenvalue weighted by Crippen LogP contribution is 2.09. The molecule has 6 nitrogen and oxygen atoms in total. The van der Waals surface area contributed by atoms with Crippen molar-refractivity contribution >= 4 is 17.8 Å². The van der Waals surface area contributed by atoms with Crippen LogP contribution in [0.25, 0.3) is 0 Å². The van der Waals surface area contributed by atoms with Crippen molar-refractivity contribution in [3.8, 4) is 0 Å². The van der Waals surface area contributed by atoms with Crippen molar-refractivity contribution in [3.05, 3.63) is 35.4 Å². The minimum absolute atomic E-state index is 0.113. The fraction of sp³-hybridized carbons (Fsp3) is 0.308. The lowest BCUT2D eigenvalue weighted by atomic mass is 10.1. The molecule has 0 unspecified atom stereocenters. The average Bonchev–Trinajstić information content (AvgIpc) is 2.41. The minimum atomic E-state index is -1.30. The molecule has 0 spiro atoms. The number of hydrogen-bond donors (Lipinski definition) is 2. The zero-order chi connectivity index (χ0) is 16.0. The summed E-state index contributed by atoms with van der Waals surface area (Å²) in [6.07, 6.45) is -0.446. The Kier molecular flexibility index (Phi) is 5.77. The van der Waals surface area contributed by atoms with Crippen LogP contribution in [0.1, 0.15) is 23.7 Å². The van der Waals surface area contributed by atoms with Crippen LogP contribution in [-0.4, -0.2) is 30.4 Å². The third kappa shape index (κ3) is 4.83. The predicted molar refractivity (Wildman–Crippen MR) is 68.1 cm³/mol. The fourth-order valence-electron chi connectivity index (χ4n) is 1.49. The summed E-state index contributed by atoms with van der Waals surface area (Å²) in [7, 11) is 0.